The molecule has 27 heavy (non-hydrogen) atoms. The summed E-state index contributed by atoms with van der Waals surface area (Å²) >= 11 is 0. The molecule has 0 N–H and O–H groups in total. The second kappa shape index (κ2) is 8.26. The Hall–Kier alpha value is -2.14. The highest BCUT2D eigenvalue weighted by molar-refractivity contribution is 5.94. The topological polar surface area (TPSA) is 43.9 Å². The fourth-order valence-electron chi connectivity index (χ4n) is 4.16. The number of carbonyl (C=O) groups excluding carboxylic acids is 2. The summed E-state index contributed by atoms with van der Waals surface area (Å²) in [6.07, 6.45) is 5.35. The van der Waals surface area contributed by atoms with Crippen LogP contribution >= 0.6 is 0 Å². The van der Waals surface area contributed by atoms with E-state index in [2.05, 4.69) is 11.5 Å². The number of rotatable bonds is 5. The summed E-state index contributed by atoms with van der Waals surface area (Å²) in [6.45, 7) is 7.84. The Morgan fingerprint density at radius 2 is 1.85 bits per heavy atom. The monoisotopic (exact) mass is 369 g/mol. The van der Waals surface area contributed by atoms with E-state index < -0.39 is 0 Å². The summed E-state index contributed by atoms with van der Waals surface area (Å²) < 4.78 is 0. The van der Waals surface area contributed by atoms with E-state index in [9.17, 15) is 9.59 Å². The number of likely N-dealkylation sites (tertiary alicyclic amines) is 2. The van der Waals surface area contributed by atoms with E-state index in [0.717, 1.165) is 63.1 Å². The lowest BCUT2D eigenvalue weighted by Gasteiger charge is -2.47. The number of likely N-dealkylation sites (N-methyl/N-ethyl adjacent to an activating group) is 1. The Morgan fingerprint density at radius 3 is 2.44 bits per heavy atom. The van der Waals surface area contributed by atoms with Crippen LogP contribution in [0, 0.1) is 5.41 Å². The zero-order valence-corrected chi connectivity index (χ0v) is 16.6. The quantitative estimate of drug-likeness (QED) is 0.802. The second-order valence-electron chi connectivity index (χ2n) is 8.24. The SMILES string of the molecule is C=Cc1ccc(C(=O)N2CCC3(CCC(=O)N(CCN(C)C)C3)CC2)cc1. The molecule has 0 bridgehead atoms. The molecular weight excluding hydrogens is 338 g/mol. The van der Waals surface area contributed by atoms with Gasteiger partial charge in [0.15, 0.2) is 0 Å². The Morgan fingerprint density at radius 1 is 1.19 bits per heavy atom. The molecule has 2 heterocycles. The predicted octanol–water partition coefficient (Wildman–Crippen LogP) is 2.74. The van der Waals surface area contributed by atoms with Gasteiger partial charge in [0.1, 0.15) is 0 Å². The minimum absolute atomic E-state index is 0.108. The first kappa shape index (κ1) is 19.6. The van der Waals surface area contributed by atoms with E-state index >= 15 is 0 Å². The Bertz CT molecular complexity index is 688. The van der Waals surface area contributed by atoms with Crippen LogP contribution in [0.1, 0.15) is 41.6 Å². The first-order chi connectivity index (χ1) is 12.9. The van der Waals surface area contributed by atoms with Crippen LogP contribution < -0.4 is 0 Å². The summed E-state index contributed by atoms with van der Waals surface area (Å²) in [6, 6.07) is 7.63. The third kappa shape index (κ3) is 4.59. The predicted molar refractivity (Wildman–Crippen MR) is 108 cm³/mol. The molecule has 0 aromatic heterocycles. The molecule has 0 unspecified atom stereocenters. The molecule has 2 saturated heterocycles. The van der Waals surface area contributed by atoms with Crippen molar-refractivity contribution in [3.8, 4) is 0 Å². The molecule has 5 heteroatoms. The molecule has 2 fully saturated rings. The summed E-state index contributed by atoms with van der Waals surface area (Å²) in [5, 5.41) is 0. The zero-order chi connectivity index (χ0) is 19.4. The molecule has 2 aliphatic heterocycles. The Labute approximate surface area is 162 Å². The summed E-state index contributed by atoms with van der Waals surface area (Å²) in [5.74, 6) is 0.389. The van der Waals surface area contributed by atoms with Gasteiger partial charge in [-0.25, -0.2) is 0 Å². The van der Waals surface area contributed by atoms with Crippen molar-refractivity contribution in [1.29, 1.82) is 0 Å². The van der Waals surface area contributed by atoms with Crippen molar-refractivity contribution in [3.05, 3.63) is 42.0 Å². The van der Waals surface area contributed by atoms with Gasteiger partial charge < -0.3 is 14.7 Å². The minimum atomic E-state index is 0.108. The molecule has 1 spiro atoms. The highest BCUT2D eigenvalue weighted by Crippen LogP contribution is 2.40. The van der Waals surface area contributed by atoms with Gasteiger partial charge in [-0.1, -0.05) is 24.8 Å². The van der Waals surface area contributed by atoms with Crippen molar-refractivity contribution in [2.75, 3.05) is 46.8 Å². The first-order valence-corrected chi connectivity index (χ1v) is 9.87. The van der Waals surface area contributed by atoms with Crippen molar-refractivity contribution in [3.63, 3.8) is 0 Å². The molecule has 1 aromatic rings. The highest BCUT2D eigenvalue weighted by atomic mass is 16.2. The molecule has 1 aromatic carbocycles. The van der Waals surface area contributed by atoms with Crippen LogP contribution in [0.15, 0.2) is 30.8 Å². The number of piperidine rings is 2. The number of carbonyl (C=O) groups is 2. The van der Waals surface area contributed by atoms with E-state index in [1.165, 1.54) is 0 Å². The van der Waals surface area contributed by atoms with E-state index in [1.54, 1.807) is 6.08 Å². The highest BCUT2D eigenvalue weighted by Gasteiger charge is 2.41. The van der Waals surface area contributed by atoms with Gasteiger partial charge in [-0.3, -0.25) is 9.59 Å². The van der Waals surface area contributed by atoms with Crippen LogP contribution in [0.3, 0.4) is 0 Å². The number of hydrogen-bond donors (Lipinski definition) is 0. The molecular formula is C22H31N3O2. The van der Waals surface area contributed by atoms with Gasteiger partial charge in [0.05, 0.1) is 0 Å². The molecule has 2 aliphatic rings. The third-order valence-corrected chi connectivity index (χ3v) is 6.07. The zero-order valence-electron chi connectivity index (χ0n) is 16.6. The maximum absolute atomic E-state index is 12.8. The van der Waals surface area contributed by atoms with Crippen molar-refractivity contribution < 1.29 is 9.59 Å². The summed E-state index contributed by atoms with van der Waals surface area (Å²) in [5.41, 5.74) is 1.95. The molecule has 0 atom stereocenters. The second-order valence-corrected chi connectivity index (χ2v) is 8.24. The van der Waals surface area contributed by atoms with Crippen LogP contribution in [0.2, 0.25) is 0 Å². The lowest BCUT2D eigenvalue weighted by atomic mass is 9.72. The van der Waals surface area contributed by atoms with Crippen LogP contribution in [0.25, 0.3) is 6.08 Å². The largest absolute Gasteiger partial charge is 0.341 e. The summed E-state index contributed by atoms with van der Waals surface area (Å²) in [7, 11) is 4.08. The Kier molecular flexibility index (Phi) is 6.00. The number of hydrogen-bond acceptors (Lipinski definition) is 3. The standard InChI is InChI=1S/C22H31N3O2/c1-4-18-5-7-19(8-6-18)21(27)24-13-11-22(12-14-24)10-9-20(26)25(17-22)16-15-23(2)3/h4-8H,1,9-17H2,2-3H3. The lowest BCUT2D eigenvalue weighted by molar-refractivity contribution is -0.139. The fourth-order valence-corrected chi connectivity index (χ4v) is 4.16. The van der Waals surface area contributed by atoms with E-state index in [0.29, 0.717) is 6.42 Å². The molecule has 5 nitrogen and oxygen atoms in total. The van der Waals surface area contributed by atoms with Gasteiger partial charge in [0.2, 0.25) is 5.91 Å². The van der Waals surface area contributed by atoms with E-state index in [-0.39, 0.29) is 17.2 Å². The van der Waals surface area contributed by atoms with Gasteiger partial charge in [0.25, 0.3) is 5.91 Å². The molecule has 2 amide bonds. The van der Waals surface area contributed by atoms with E-state index in [1.807, 2.05) is 48.2 Å². The first-order valence-electron chi connectivity index (χ1n) is 9.87. The smallest absolute Gasteiger partial charge is 0.253 e. The molecule has 146 valence electrons. The maximum Gasteiger partial charge on any atom is 0.253 e. The van der Waals surface area contributed by atoms with Crippen molar-refractivity contribution in [1.82, 2.24) is 14.7 Å². The minimum Gasteiger partial charge on any atom is -0.341 e. The molecule has 0 saturated carbocycles. The van der Waals surface area contributed by atoms with Gasteiger partial charge in [-0.05, 0) is 56.5 Å². The van der Waals surface area contributed by atoms with Gasteiger partial charge >= 0.3 is 0 Å². The molecule has 0 radical (unpaired) electrons. The number of benzene rings is 1. The van der Waals surface area contributed by atoms with Gasteiger partial charge in [-0.15, -0.1) is 0 Å². The van der Waals surface area contributed by atoms with Crippen molar-refractivity contribution in [2.24, 2.45) is 5.41 Å². The number of amides is 2. The molecule has 3 rings (SSSR count). The van der Waals surface area contributed by atoms with Gasteiger partial charge in [-0.2, -0.15) is 0 Å². The fraction of sp³-hybridized carbons (Fsp3) is 0.545. The summed E-state index contributed by atoms with van der Waals surface area (Å²) in [4.78, 5) is 31.2. The average molecular weight is 370 g/mol. The third-order valence-electron chi connectivity index (χ3n) is 6.07. The van der Waals surface area contributed by atoms with Crippen LogP contribution in [0.5, 0.6) is 0 Å². The maximum atomic E-state index is 12.8. The lowest BCUT2D eigenvalue weighted by Crippen LogP contribution is -2.53. The van der Waals surface area contributed by atoms with Crippen molar-refractivity contribution >= 4 is 17.9 Å². The Balaban J connectivity index is 1.59. The van der Waals surface area contributed by atoms with Crippen LogP contribution in [0.4, 0.5) is 0 Å². The molecule has 0 aliphatic carbocycles. The number of nitrogens with zero attached hydrogens (tertiary/aromatic N) is 3. The van der Waals surface area contributed by atoms with Gasteiger partial charge in [0, 0.05) is 44.7 Å². The van der Waals surface area contributed by atoms with Crippen molar-refractivity contribution in [2.45, 2.75) is 25.7 Å². The van der Waals surface area contributed by atoms with Crippen LogP contribution in [-0.2, 0) is 4.79 Å². The van der Waals surface area contributed by atoms with Crippen LogP contribution in [-0.4, -0.2) is 73.3 Å². The normalized spacial score (nSPS) is 19.6. The average Bonchev–Trinajstić information content (AvgIpc) is 2.69. The van der Waals surface area contributed by atoms with E-state index in [4.69, 9.17) is 0 Å².